The first-order valence-corrected chi connectivity index (χ1v) is 4.32. The van der Waals surface area contributed by atoms with Gasteiger partial charge in [-0.25, -0.2) is 0 Å². The quantitative estimate of drug-likeness (QED) is 0.780. The van der Waals surface area contributed by atoms with E-state index in [4.69, 9.17) is 5.11 Å². The number of nitrogens with zero attached hydrogens (tertiary/aromatic N) is 1. The zero-order valence-electron chi connectivity index (χ0n) is 7.47. The molecule has 0 aliphatic rings. The van der Waals surface area contributed by atoms with E-state index in [1.54, 1.807) is 12.3 Å². The van der Waals surface area contributed by atoms with Gasteiger partial charge in [0.25, 0.3) is 0 Å². The summed E-state index contributed by atoms with van der Waals surface area (Å²) in [7, 11) is 0. The van der Waals surface area contributed by atoms with Crippen LogP contribution >= 0.6 is 0 Å². The van der Waals surface area contributed by atoms with E-state index in [0.717, 1.165) is 16.5 Å². The van der Waals surface area contributed by atoms with Crippen molar-refractivity contribution in [1.82, 2.24) is 4.98 Å². The number of fused-ring (bicyclic) bond motifs is 1. The molecule has 2 aromatic rings. The van der Waals surface area contributed by atoms with Gasteiger partial charge in [-0.2, -0.15) is 0 Å². The lowest BCUT2D eigenvalue weighted by Gasteiger charge is -2.02. The number of benzene rings is 1. The minimum absolute atomic E-state index is 0.0447. The van der Waals surface area contributed by atoms with Gasteiger partial charge < -0.3 is 5.11 Å². The molecule has 1 aromatic carbocycles. The fraction of sp³-hybridized carbons (Fsp3) is 0.0909. The number of rotatable bonds is 2. The van der Waals surface area contributed by atoms with Gasteiger partial charge in [0.15, 0.2) is 0 Å². The summed E-state index contributed by atoms with van der Waals surface area (Å²) in [5, 5.41) is 9.62. The molecule has 0 fully saturated rings. The van der Waals surface area contributed by atoms with Crippen molar-refractivity contribution in [2.45, 2.75) is 6.42 Å². The Hall–Kier alpha value is -1.90. The first-order valence-electron chi connectivity index (χ1n) is 4.32. The smallest absolute Gasteiger partial charge is 0.307 e. The van der Waals surface area contributed by atoms with E-state index in [9.17, 15) is 4.79 Å². The predicted octanol–water partition coefficient (Wildman–Crippen LogP) is 1.86. The van der Waals surface area contributed by atoms with Gasteiger partial charge >= 0.3 is 5.97 Å². The molecule has 1 heterocycles. The second-order valence-corrected chi connectivity index (χ2v) is 3.06. The summed E-state index contributed by atoms with van der Waals surface area (Å²) in [6.45, 7) is 0. The fourth-order valence-corrected chi connectivity index (χ4v) is 1.47. The van der Waals surface area contributed by atoms with Crippen LogP contribution in [0.15, 0.2) is 36.5 Å². The third-order valence-corrected chi connectivity index (χ3v) is 2.08. The molecule has 0 aliphatic carbocycles. The molecule has 3 heteroatoms. The highest BCUT2D eigenvalue weighted by Crippen LogP contribution is 2.16. The highest BCUT2D eigenvalue weighted by atomic mass is 16.4. The average Bonchev–Trinajstić information content (AvgIpc) is 2.18. The monoisotopic (exact) mass is 187 g/mol. The molecule has 0 unspecified atom stereocenters. The van der Waals surface area contributed by atoms with Crippen molar-refractivity contribution >= 4 is 16.9 Å². The van der Waals surface area contributed by atoms with Crippen LogP contribution in [-0.2, 0) is 11.2 Å². The average molecular weight is 187 g/mol. The van der Waals surface area contributed by atoms with Gasteiger partial charge in [0.05, 0.1) is 11.9 Å². The van der Waals surface area contributed by atoms with Gasteiger partial charge in [0.1, 0.15) is 0 Å². The summed E-state index contributed by atoms with van der Waals surface area (Å²) >= 11 is 0. The Morgan fingerprint density at radius 2 is 2.07 bits per heavy atom. The summed E-state index contributed by atoms with van der Waals surface area (Å²) in [5.74, 6) is -0.818. The van der Waals surface area contributed by atoms with Crippen LogP contribution in [0.1, 0.15) is 5.56 Å². The molecule has 0 radical (unpaired) electrons. The molecule has 0 spiro atoms. The van der Waals surface area contributed by atoms with E-state index in [-0.39, 0.29) is 6.42 Å². The van der Waals surface area contributed by atoms with Crippen molar-refractivity contribution in [3.63, 3.8) is 0 Å². The number of pyridine rings is 1. The number of aliphatic carboxylic acids is 1. The number of carbonyl (C=O) groups is 1. The molecule has 0 saturated heterocycles. The number of carboxylic acids is 1. The van der Waals surface area contributed by atoms with Crippen LogP contribution in [0.5, 0.6) is 0 Å². The van der Waals surface area contributed by atoms with Crippen LogP contribution in [0.3, 0.4) is 0 Å². The molecule has 0 amide bonds. The molecule has 1 aromatic heterocycles. The van der Waals surface area contributed by atoms with Crippen LogP contribution < -0.4 is 0 Å². The van der Waals surface area contributed by atoms with E-state index < -0.39 is 5.97 Å². The van der Waals surface area contributed by atoms with Crippen molar-refractivity contribution < 1.29 is 9.90 Å². The van der Waals surface area contributed by atoms with E-state index in [1.807, 2.05) is 24.3 Å². The Bertz CT molecular complexity index is 474. The Morgan fingerprint density at radius 1 is 1.29 bits per heavy atom. The first kappa shape index (κ1) is 8.69. The summed E-state index contributed by atoms with van der Waals surface area (Å²) in [5.41, 5.74) is 1.65. The molecule has 0 saturated carbocycles. The van der Waals surface area contributed by atoms with Crippen molar-refractivity contribution in [3.8, 4) is 0 Å². The van der Waals surface area contributed by atoms with Crippen molar-refractivity contribution in [2.75, 3.05) is 0 Å². The molecule has 14 heavy (non-hydrogen) atoms. The van der Waals surface area contributed by atoms with E-state index in [1.165, 1.54) is 0 Å². The predicted molar refractivity (Wildman–Crippen MR) is 53.1 cm³/mol. The molecule has 1 N–H and O–H groups in total. The number of aromatic nitrogens is 1. The summed E-state index contributed by atoms with van der Waals surface area (Å²) in [6, 6.07) is 9.28. The van der Waals surface area contributed by atoms with Crippen LogP contribution in [0.2, 0.25) is 0 Å². The number of hydrogen-bond acceptors (Lipinski definition) is 2. The topological polar surface area (TPSA) is 50.2 Å². The minimum Gasteiger partial charge on any atom is -0.481 e. The summed E-state index contributed by atoms with van der Waals surface area (Å²) in [4.78, 5) is 14.7. The largest absolute Gasteiger partial charge is 0.481 e. The molecular formula is C11H9NO2. The molecule has 2 rings (SSSR count). The van der Waals surface area contributed by atoms with E-state index >= 15 is 0 Å². The standard InChI is InChI=1S/C11H9NO2/c13-11(14)7-8-5-6-12-10-4-2-1-3-9(8)10/h1-6H,7H2,(H,13,14). The zero-order valence-corrected chi connectivity index (χ0v) is 7.47. The van der Waals surface area contributed by atoms with Gasteiger partial charge in [-0.3, -0.25) is 9.78 Å². The van der Waals surface area contributed by atoms with Crippen LogP contribution in [0.25, 0.3) is 10.9 Å². The van der Waals surface area contributed by atoms with Gasteiger partial charge in [-0.1, -0.05) is 18.2 Å². The first-order chi connectivity index (χ1) is 6.77. The lowest BCUT2D eigenvalue weighted by molar-refractivity contribution is -0.136. The fourth-order valence-electron chi connectivity index (χ4n) is 1.47. The maximum Gasteiger partial charge on any atom is 0.307 e. The Balaban J connectivity index is 2.59. The zero-order chi connectivity index (χ0) is 9.97. The number of para-hydroxylation sites is 1. The summed E-state index contributed by atoms with van der Waals surface area (Å²) < 4.78 is 0. The maximum absolute atomic E-state index is 10.6. The van der Waals surface area contributed by atoms with E-state index in [0.29, 0.717) is 0 Å². The Morgan fingerprint density at radius 3 is 2.86 bits per heavy atom. The van der Waals surface area contributed by atoms with Crippen molar-refractivity contribution in [2.24, 2.45) is 0 Å². The normalized spacial score (nSPS) is 10.3. The molecule has 0 bridgehead atoms. The maximum atomic E-state index is 10.6. The van der Waals surface area contributed by atoms with Crippen LogP contribution in [0.4, 0.5) is 0 Å². The van der Waals surface area contributed by atoms with Gasteiger partial charge in [-0.15, -0.1) is 0 Å². The number of carboxylic acid groups (broad SMARTS) is 1. The minimum atomic E-state index is -0.818. The second kappa shape index (κ2) is 3.46. The second-order valence-electron chi connectivity index (χ2n) is 3.06. The van der Waals surface area contributed by atoms with Crippen molar-refractivity contribution in [3.05, 3.63) is 42.1 Å². The number of hydrogen-bond donors (Lipinski definition) is 1. The molecule has 0 aliphatic heterocycles. The van der Waals surface area contributed by atoms with E-state index in [2.05, 4.69) is 4.98 Å². The molecule has 0 atom stereocenters. The van der Waals surface area contributed by atoms with Crippen molar-refractivity contribution in [1.29, 1.82) is 0 Å². The van der Waals surface area contributed by atoms with Crippen LogP contribution in [-0.4, -0.2) is 16.1 Å². The third-order valence-electron chi connectivity index (χ3n) is 2.08. The lowest BCUT2D eigenvalue weighted by Crippen LogP contribution is -2.00. The summed E-state index contributed by atoms with van der Waals surface area (Å²) in [6.07, 6.45) is 1.68. The van der Waals surface area contributed by atoms with Gasteiger partial charge in [0.2, 0.25) is 0 Å². The van der Waals surface area contributed by atoms with Crippen LogP contribution in [0, 0.1) is 0 Å². The highest BCUT2D eigenvalue weighted by molar-refractivity contribution is 5.85. The molecule has 70 valence electrons. The van der Waals surface area contributed by atoms with Gasteiger partial charge in [0, 0.05) is 11.6 Å². The SMILES string of the molecule is O=C(O)Cc1ccnc2ccccc12. The third kappa shape index (κ3) is 1.57. The lowest BCUT2D eigenvalue weighted by atomic mass is 10.1. The Kier molecular flexibility index (Phi) is 2.14. The highest BCUT2D eigenvalue weighted by Gasteiger charge is 2.04. The Labute approximate surface area is 81.0 Å². The molecule has 3 nitrogen and oxygen atoms in total. The molecular weight excluding hydrogens is 178 g/mol. The van der Waals surface area contributed by atoms with Gasteiger partial charge in [-0.05, 0) is 17.7 Å².